The fourth-order valence-electron chi connectivity index (χ4n) is 1.24. The zero-order chi connectivity index (χ0) is 12.3. The highest BCUT2D eigenvalue weighted by atomic mass is 19.4. The topological polar surface area (TPSA) is 67.2 Å². The highest BCUT2D eigenvalue weighted by Crippen LogP contribution is 2.31. The molecular formula is C8H10F3N3O2. The first-order chi connectivity index (χ1) is 7.30. The molecule has 0 spiro atoms. The molecule has 8 heteroatoms. The van der Waals surface area contributed by atoms with Crippen LogP contribution < -0.4 is 5.32 Å². The summed E-state index contributed by atoms with van der Waals surface area (Å²) >= 11 is 0. The Kier molecular flexibility index (Phi) is 3.41. The van der Waals surface area contributed by atoms with Gasteiger partial charge in [-0.1, -0.05) is 0 Å². The van der Waals surface area contributed by atoms with E-state index in [4.69, 9.17) is 5.11 Å². The first-order valence-electron chi connectivity index (χ1n) is 4.37. The van der Waals surface area contributed by atoms with Gasteiger partial charge in [0.05, 0.1) is 11.3 Å². The third-order valence-corrected chi connectivity index (χ3v) is 1.85. The molecule has 16 heavy (non-hydrogen) atoms. The van der Waals surface area contributed by atoms with E-state index in [-0.39, 0.29) is 18.7 Å². The number of nitrogens with one attached hydrogen (secondary N) is 1. The molecule has 1 heterocycles. The fraction of sp³-hybridized carbons (Fsp3) is 0.500. The molecule has 2 N–H and O–H groups in total. The van der Waals surface area contributed by atoms with Gasteiger partial charge in [0, 0.05) is 26.2 Å². The zero-order valence-electron chi connectivity index (χ0n) is 8.38. The van der Waals surface area contributed by atoms with Crippen molar-refractivity contribution >= 4 is 6.09 Å². The number of aryl methyl sites for hydroxylation is 1. The second-order valence-corrected chi connectivity index (χ2v) is 3.14. The van der Waals surface area contributed by atoms with E-state index in [2.05, 4.69) is 5.10 Å². The molecule has 0 aliphatic heterocycles. The van der Waals surface area contributed by atoms with Gasteiger partial charge < -0.3 is 10.4 Å². The summed E-state index contributed by atoms with van der Waals surface area (Å²) in [5, 5.41) is 13.9. The summed E-state index contributed by atoms with van der Waals surface area (Å²) in [6.45, 7) is -0.102. The highest BCUT2D eigenvalue weighted by molar-refractivity contribution is 5.64. The van der Waals surface area contributed by atoms with Gasteiger partial charge in [-0.3, -0.25) is 4.68 Å². The molecule has 0 bridgehead atoms. The van der Waals surface area contributed by atoms with Crippen LogP contribution in [0.15, 0.2) is 6.20 Å². The monoisotopic (exact) mass is 237 g/mol. The van der Waals surface area contributed by atoms with Gasteiger partial charge in [-0.25, -0.2) is 4.79 Å². The average Bonchev–Trinajstić information content (AvgIpc) is 2.45. The quantitative estimate of drug-likeness (QED) is 0.831. The van der Waals surface area contributed by atoms with E-state index in [1.807, 2.05) is 5.32 Å². The van der Waals surface area contributed by atoms with Gasteiger partial charge in [-0.2, -0.15) is 18.3 Å². The van der Waals surface area contributed by atoms with E-state index in [0.29, 0.717) is 0 Å². The Morgan fingerprint density at radius 1 is 1.62 bits per heavy atom. The SMILES string of the molecule is Cn1cc(C(F)(F)F)c(CCNC(=O)O)n1. The van der Waals surface area contributed by atoms with Gasteiger partial charge in [0.1, 0.15) is 0 Å². The first-order valence-corrected chi connectivity index (χ1v) is 4.37. The lowest BCUT2D eigenvalue weighted by molar-refractivity contribution is -0.138. The largest absolute Gasteiger partial charge is 0.465 e. The minimum absolute atomic E-state index is 0.0953. The van der Waals surface area contributed by atoms with E-state index >= 15 is 0 Å². The van der Waals surface area contributed by atoms with E-state index in [9.17, 15) is 18.0 Å². The second-order valence-electron chi connectivity index (χ2n) is 3.14. The molecule has 0 saturated heterocycles. The summed E-state index contributed by atoms with van der Waals surface area (Å²) in [4.78, 5) is 10.1. The number of alkyl halides is 3. The zero-order valence-corrected chi connectivity index (χ0v) is 8.38. The maximum Gasteiger partial charge on any atom is 0.419 e. The van der Waals surface area contributed by atoms with Gasteiger partial charge in [0.15, 0.2) is 0 Å². The van der Waals surface area contributed by atoms with Crippen molar-refractivity contribution in [1.29, 1.82) is 0 Å². The molecule has 0 radical (unpaired) electrons. The number of rotatable bonds is 3. The number of amides is 1. The van der Waals surface area contributed by atoms with Crippen LogP contribution >= 0.6 is 0 Å². The van der Waals surface area contributed by atoms with Gasteiger partial charge in [0.2, 0.25) is 0 Å². The molecule has 1 amide bonds. The summed E-state index contributed by atoms with van der Waals surface area (Å²) in [6, 6.07) is 0. The summed E-state index contributed by atoms with van der Waals surface area (Å²) in [5.41, 5.74) is -0.995. The average molecular weight is 237 g/mol. The van der Waals surface area contributed by atoms with Crippen molar-refractivity contribution in [3.05, 3.63) is 17.5 Å². The molecule has 0 aliphatic rings. The van der Waals surface area contributed by atoms with Crippen molar-refractivity contribution in [3.8, 4) is 0 Å². The molecular weight excluding hydrogens is 227 g/mol. The number of carboxylic acid groups (broad SMARTS) is 1. The summed E-state index contributed by atoms with van der Waals surface area (Å²) < 4.78 is 38.4. The van der Waals surface area contributed by atoms with Crippen LogP contribution in [0.3, 0.4) is 0 Å². The van der Waals surface area contributed by atoms with E-state index < -0.39 is 17.8 Å². The van der Waals surface area contributed by atoms with Gasteiger partial charge in [-0.15, -0.1) is 0 Å². The Balaban J connectivity index is 2.75. The van der Waals surface area contributed by atoms with Crippen molar-refractivity contribution in [2.75, 3.05) is 6.54 Å². The number of hydrogen-bond donors (Lipinski definition) is 2. The van der Waals surface area contributed by atoms with Crippen LogP contribution in [0.25, 0.3) is 0 Å². The minimum Gasteiger partial charge on any atom is -0.465 e. The summed E-state index contributed by atoms with van der Waals surface area (Å²) in [6.07, 6.45) is -4.96. The Labute approximate surface area is 88.9 Å². The van der Waals surface area contributed by atoms with Crippen molar-refractivity contribution in [2.45, 2.75) is 12.6 Å². The van der Waals surface area contributed by atoms with Crippen LogP contribution in [0.4, 0.5) is 18.0 Å². The minimum atomic E-state index is -4.47. The molecule has 1 aromatic rings. The van der Waals surface area contributed by atoms with Crippen LogP contribution in [-0.4, -0.2) is 27.5 Å². The maximum atomic E-state index is 12.5. The Hall–Kier alpha value is -1.73. The molecule has 0 aliphatic carbocycles. The fourth-order valence-corrected chi connectivity index (χ4v) is 1.24. The number of halogens is 3. The second kappa shape index (κ2) is 4.42. The van der Waals surface area contributed by atoms with Crippen LogP contribution in [0, 0.1) is 0 Å². The maximum absolute atomic E-state index is 12.5. The molecule has 0 atom stereocenters. The smallest absolute Gasteiger partial charge is 0.419 e. The van der Waals surface area contributed by atoms with Crippen LogP contribution in [0.5, 0.6) is 0 Å². The Morgan fingerprint density at radius 2 is 2.25 bits per heavy atom. The number of nitrogens with zero attached hydrogens (tertiary/aromatic N) is 2. The standard InChI is InChI=1S/C8H10F3N3O2/c1-14-4-5(8(9,10)11)6(13-14)2-3-12-7(15)16/h4,12H,2-3H2,1H3,(H,15,16). The Morgan fingerprint density at radius 3 is 2.75 bits per heavy atom. The highest BCUT2D eigenvalue weighted by Gasteiger charge is 2.35. The van der Waals surface area contributed by atoms with Crippen LogP contribution in [0.2, 0.25) is 0 Å². The number of carbonyl (C=O) groups is 1. The van der Waals surface area contributed by atoms with Crippen molar-refractivity contribution in [3.63, 3.8) is 0 Å². The predicted octanol–water partition coefficient (Wildman–Crippen LogP) is 1.25. The van der Waals surface area contributed by atoms with Gasteiger partial charge in [0.25, 0.3) is 0 Å². The number of aromatic nitrogens is 2. The summed E-state index contributed by atoms with van der Waals surface area (Å²) in [7, 11) is 1.38. The normalized spacial score (nSPS) is 11.5. The molecule has 90 valence electrons. The molecule has 0 aromatic carbocycles. The van der Waals surface area contributed by atoms with E-state index in [1.165, 1.54) is 7.05 Å². The molecule has 1 aromatic heterocycles. The molecule has 0 unspecified atom stereocenters. The lowest BCUT2D eigenvalue weighted by Crippen LogP contribution is -2.24. The first kappa shape index (κ1) is 12.3. The van der Waals surface area contributed by atoms with E-state index in [0.717, 1.165) is 10.9 Å². The van der Waals surface area contributed by atoms with Crippen molar-refractivity contribution in [2.24, 2.45) is 7.05 Å². The third kappa shape index (κ3) is 3.14. The lowest BCUT2D eigenvalue weighted by Gasteiger charge is -2.05. The predicted molar refractivity (Wildman–Crippen MR) is 47.9 cm³/mol. The van der Waals surface area contributed by atoms with Gasteiger partial charge in [-0.05, 0) is 0 Å². The Bertz CT molecular complexity index is 386. The number of hydrogen-bond acceptors (Lipinski definition) is 2. The van der Waals surface area contributed by atoms with Crippen LogP contribution in [0.1, 0.15) is 11.3 Å². The third-order valence-electron chi connectivity index (χ3n) is 1.85. The molecule has 1 rings (SSSR count). The molecule has 5 nitrogen and oxygen atoms in total. The summed E-state index contributed by atoms with van der Waals surface area (Å²) in [5.74, 6) is 0. The lowest BCUT2D eigenvalue weighted by atomic mass is 10.2. The van der Waals surface area contributed by atoms with Gasteiger partial charge >= 0.3 is 12.3 Å². The van der Waals surface area contributed by atoms with Crippen molar-refractivity contribution < 1.29 is 23.1 Å². The molecule has 0 saturated carbocycles. The van der Waals surface area contributed by atoms with E-state index in [1.54, 1.807) is 0 Å². The molecule has 0 fully saturated rings. The van der Waals surface area contributed by atoms with Crippen LogP contribution in [-0.2, 0) is 19.6 Å². The van der Waals surface area contributed by atoms with Crippen molar-refractivity contribution in [1.82, 2.24) is 15.1 Å².